The van der Waals surface area contributed by atoms with Crippen LogP contribution < -0.4 is 5.32 Å². The average molecular weight is 254 g/mol. The van der Waals surface area contributed by atoms with Crippen molar-refractivity contribution in [2.45, 2.75) is 32.6 Å². The second-order valence-corrected chi connectivity index (χ2v) is 7.01. The van der Waals surface area contributed by atoms with Gasteiger partial charge >= 0.3 is 0 Å². The maximum Gasteiger partial charge on any atom is 0.157 e. The molecule has 2 rings (SSSR count). The van der Waals surface area contributed by atoms with Gasteiger partial charge in [0.25, 0.3) is 0 Å². The van der Waals surface area contributed by atoms with E-state index in [0.29, 0.717) is 11.2 Å². The SMILES string of the molecule is Cc1ccc(CNC2=NCC(C(C)C)S2)s1. The zero-order chi connectivity index (χ0) is 11.5. The van der Waals surface area contributed by atoms with E-state index in [1.54, 1.807) is 0 Å². The van der Waals surface area contributed by atoms with Crippen LogP contribution in [0.1, 0.15) is 23.6 Å². The van der Waals surface area contributed by atoms with Crippen molar-refractivity contribution in [3.63, 3.8) is 0 Å². The third kappa shape index (κ3) is 3.01. The summed E-state index contributed by atoms with van der Waals surface area (Å²) in [6, 6.07) is 4.36. The summed E-state index contributed by atoms with van der Waals surface area (Å²) >= 11 is 3.74. The van der Waals surface area contributed by atoms with Crippen LogP contribution in [0.15, 0.2) is 17.1 Å². The Balaban J connectivity index is 1.80. The third-order valence-electron chi connectivity index (χ3n) is 2.63. The molecule has 1 unspecified atom stereocenters. The summed E-state index contributed by atoms with van der Waals surface area (Å²) in [5.41, 5.74) is 0. The number of aliphatic imine (C=N–C) groups is 1. The quantitative estimate of drug-likeness (QED) is 0.895. The third-order valence-corrected chi connectivity index (χ3v) is 5.12. The Morgan fingerprint density at radius 2 is 2.31 bits per heavy atom. The summed E-state index contributed by atoms with van der Waals surface area (Å²) in [4.78, 5) is 7.29. The van der Waals surface area contributed by atoms with Crippen molar-refractivity contribution in [3.05, 3.63) is 21.9 Å². The summed E-state index contributed by atoms with van der Waals surface area (Å²) in [6.07, 6.45) is 0. The second kappa shape index (κ2) is 5.23. The van der Waals surface area contributed by atoms with Gasteiger partial charge in [0, 0.05) is 15.0 Å². The number of nitrogens with zero attached hydrogens (tertiary/aromatic N) is 1. The van der Waals surface area contributed by atoms with E-state index in [-0.39, 0.29) is 0 Å². The molecule has 0 aliphatic carbocycles. The molecule has 1 atom stereocenters. The van der Waals surface area contributed by atoms with Crippen molar-refractivity contribution < 1.29 is 0 Å². The highest BCUT2D eigenvalue weighted by atomic mass is 32.2. The van der Waals surface area contributed by atoms with Crippen LogP contribution in [-0.4, -0.2) is 17.0 Å². The fraction of sp³-hybridized carbons (Fsp3) is 0.583. The minimum Gasteiger partial charge on any atom is -0.360 e. The summed E-state index contributed by atoms with van der Waals surface area (Å²) in [5.74, 6) is 0.706. The van der Waals surface area contributed by atoms with E-state index in [1.807, 2.05) is 23.1 Å². The largest absolute Gasteiger partial charge is 0.360 e. The number of hydrogen-bond acceptors (Lipinski definition) is 4. The molecule has 1 aromatic rings. The van der Waals surface area contributed by atoms with Gasteiger partial charge in [-0.15, -0.1) is 11.3 Å². The van der Waals surface area contributed by atoms with Gasteiger partial charge in [-0.05, 0) is 25.0 Å². The molecule has 2 nitrogen and oxygen atoms in total. The highest BCUT2D eigenvalue weighted by Gasteiger charge is 2.22. The lowest BCUT2D eigenvalue weighted by molar-refractivity contribution is 0.621. The first-order valence-electron chi connectivity index (χ1n) is 5.65. The first kappa shape index (κ1) is 12.0. The van der Waals surface area contributed by atoms with E-state index in [0.717, 1.165) is 18.3 Å². The Hall–Kier alpha value is -0.480. The highest BCUT2D eigenvalue weighted by molar-refractivity contribution is 8.14. The van der Waals surface area contributed by atoms with Crippen molar-refractivity contribution >= 4 is 28.3 Å². The molecule has 1 aliphatic heterocycles. The van der Waals surface area contributed by atoms with Crippen LogP contribution in [-0.2, 0) is 6.54 Å². The first-order chi connectivity index (χ1) is 7.65. The molecule has 0 bridgehead atoms. The lowest BCUT2D eigenvalue weighted by Crippen LogP contribution is -2.19. The predicted octanol–water partition coefficient (Wildman–Crippen LogP) is 3.27. The summed E-state index contributed by atoms with van der Waals surface area (Å²) < 4.78 is 0. The van der Waals surface area contributed by atoms with Gasteiger partial charge in [0.1, 0.15) is 0 Å². The van der Waals surface area contributed by atoms with Crippen molar-refractivity contribution in [1.29, 1.82) is 0 Å². The van der Waals surface area contributed by atoms with Crippen LogP contribution in [0.3, 0.4) is 0 Å². The van der Waals surface area contributed by atoms with Crippen molar-refractivity contribution in [1.82, 2.24) is 5.32 Å². The maximum absolute atomic E-state index is 4.53. The Kier molecular flexibility index (Phi) is 3.92. The van der Waals surface area contributed by atoms with Gasteiger partial charge < -0.3 is 5.32 Å². The predicted molar refractivity (Wildman–Crippen MR) is 74.4 cm³/mol. The minimum atomic E-state index is 0.660. The monoisotopic (exact) mass is 254 g/mol. The van der Waals surface area contributed by atoms with Crippen LogP contribution in [0.4, 0.5) is 0 Å². The molecule has 0 spiro atoms. The molecule has 1 aliphatic rings. The number of nitrogens with one attached hydrogen (secondary N) is 1. The van der Waals surface area contributed by atoms with E-state index in [9.17, 15) is 0 Å². The van der Waals surface area contributed by atoms with E-state index in [2.05, 4.69) is 43.2 Å². The zero-order valence-corrected chi connectivity index (χ0v) is 11.6. The Morgan fingerprint density at radius 3 is 2.88 bits per heavy atom. The van der Waals surface area contributed by atoms with Crippen molar-refractivity contribution in [3.8, 4) is 0 Å². The molecule has 0 aromatic carbocycles. The molecule has 0 amide bonds. The van der Waals surface area contributed by atoms with Gasteiger partial charge in [0.05, 0.1) is 13.1 Å². The molecule has 0 saturated carbocycles. The van der Waals surface area contributed by atoms with Crippen LogP contribution in [0.5, 0.6) is 0 Å². The van der Waals surface area contributed by atoms with Crippen LogP contribution in [0.2, 0.25) is 0 Å². The molecule has 2 heterocycles. The Labute approximate surface area is 106 Å². The molecular weight excluding hydrogens is 236 g/mol. The molecule has 0 fully saturated rings. The van der Waals surface area contributed by atoms with Gasteiger partial charge in [-0.3, -0.25) is 4.99 Å². The molecule has 1 N–H and O–H groups in total. The second-order valence-electron chi connectivity index (χ2n) is 4.41. The number of aryl methyl sites for hydroxylation is 1. The smallest absolute Gasteiger partial charge is 0.157 e. The van der Waals surface area contributed by atoms with E-state index >= 15 is 0 Å². The highest BCUT2D eigenvalue weighted by Crippen LogP contribution is 2.26. The van der Waals surface area contributed by atoms with E-state index in [1.165, 1.54) is 9.75 Å². The number of hydrogen-bond donors (Lipinski definition) is 1. The van der Waals surface area contributed by atoms with Gasteiger partial charge in [0.2, 0.25) is 0 Å². The standard InChI is InChI=1S/C12H18N2S2/c1-8(2)11-7-14-12(16-11)13-6-10-5-4-9(3)15-10/h4-5,8,11H,6-7H2,1-3H3,(H,13,14). The zero-order valence-electron chi connectivity index (χ0n) is 9.99. The van der Waals surface area contributed by atoms with E-state index < -0.39 is 0 Å². The summed E-state index contributed by atoms with van der Waals surface area (Å²) in [5, 5.41) is 5.19. The number of amidine groups is 1. The minimum absolute atomic E-state index is 0.660. The first-order valence-corrected chi connectivity index (χ1v) is 7.35. The topological polar surface area (TPSA) is 24.4 Å². The Bertz CT molecular complexity index is 382. The molecule has 0 saturated heterocycles. The average Bonchev–Trinajstić information content (AvgIpc) is 2.83. The lowest BCUT2D eigenvalue weighted by Gasteiger charge is -2.11. The molecule has 1 aromatic heterocycles. The maximum atomic E-state index is 4.53. The Morgan fingerprint density at radius 1 is 1.50 bits per heavy atom. The summed E-state index contributed by atoms with van der Waals surface area (Å²) in [7, 11) is 0. The molecule has 4 heteroatoms. The normalized spacial score (nSPS) is 20.2. The van der Waals surface area contributed by atoms with Gasteiger partial charge in [-0.25, -0.2) is 0 Å². The number of thiophene rings is 1. The molecule has 16 heavy (non-hydrogen) atoms. The molecule has 88 valence electrons. The number of thioether (sulfide) groups is 1. The van der Waals surface area contributed by atoms with Gasteiger partial charge in [-0.2, -0.15) is 0 Å². The molecule has 0 radical (unpaired) electrons. The summed E-state index contributed by atoms with van der Waals surface area (Å²) in [6.45, 7) is 8.55. The van der Waals surface area contributed by atoms with Crippen LogP contribution in [0.25, 0.3) is 0 Å². The van der Waals surface area contributed by atoms with E-state index in [4.69, 9.17) is 0 Å². The van der Waals surface area contributed by atoms with Crippen molar-refractivity contribution in [2.75, 3.05) is 6.54 Å². The molecular formula is C12H18N2S2. The number of rotatable bonds is 3. The van der Waals surface area contributed by atoms with Crippen LogP contribution >= 0.6 is 23.1 Å². The van der Waals surface area contributed by atoms with Crippen LogP contribution in [0, 0.1) is 12.8 Å². The fourth-order valence-corrected chi connectivity index (χ4v) is 3.42. The van der Waals surface area contributed by atoms with Crippen molar-refractivity contribution in [2.24, 2.45) is 10.9 Å². The lowest BCUT2D eigenvalue weighted by atomic mass is 10.1. The van der Waals surface area contributed by atoms with Gasteiger partial charge in [-0.1, -0.05) is 25.6 Å². The van der Waals surface area contributed by atoms with Gasteiger partial charge in [0.15, 0.2) is 5.17 Å². The fourth-order valence-electron chi connectivity index (χ4n) is 1.58.